The van der Waals surface area contributed by atoms with Crippen LogP contribution in [0.4, 0.5) is 0 Å². The topological polar surface area (TPSA) is 35.2 Å². The summed E-state index contributed by atoms with van der Waals surface area (Å²) in [4.78, 5) is 0. The first kappa shape index (κ1) is 12.2. The Morgan fingerprint density at radius 3 is 2.50 bits per heavy atom. The second-order valence-corrected chi connectivity index (χ2v) is 4.96. The van der Waals surface area contributed by atoms with E-state index in [-0.39, 0.29) is 6.04 Å². The first-order valence-corrected chi connectivity index (χ1v) is 6.22. The van der Waals surface area contributed by atoms with E-state index in [0.29, 0.717) is 16.0 Å². The largest absolute Gasteiger partial charge is 0.381 e. The van der Waals surface area contributed by atoms with E-state index < -0.39 is 0 Å². The van der Waals surface area contributed by atoms with Crippen molar-refractivity contribution in [1.82, 2.24) is 0 Å². The molecule has 1 aliphatic heterocycles. The van der Waals surface area contributed by atoms with Crippen LogP contribution in [0.15, 0.2) is 18.2 Å². The van der Waals surface area contributed by atoms with Crippen LogP contribution in [0.2, 0.25) is 10.0 Å². The minimum Gasteiger partial charge on any atom is -0.381 e. The highest BCUT2D eigenvalue weighted by atomic mass is 35.5. The van der Waals surface area contributed by atoms with Crippen molar-refractivity contribution in [3.05, 3.63) is 33.8 Å². The quantitative estimate of drug-likeness (QED) is 0.884. The van der Waals surface area contributed by atoms with E-state index in [0.717, 1.165) is 31.6 Å². The molecule has 0 spiro atoms. The number of halogens is 2. The lowest BCUT2D eigenvalue weighted by Gasteiger charge is -2.28. The Hall–Kier alpha value is -0.280. The van der Waals surface area contributed by atoms with Crippen LogP contribution >= 0.6 is 23.2 Å². The van der Waals surface area contributed by atoms with E-state index in [4.69, 9.17) is 33.7 Å². The molecule has 16 heavy (non-hydrogen) atoms. The van der Waals surface area contributed by atoms with Gasteiger partial charge < -0.3 is 10.5 Å². The van der Waals surface area contributed by atoms with Gasteiger partial charge in [-0.1, -0.05) is 29.3 Å². The molecule has 1 aromatic carbocycles. The van der Waals surface area contributed by atoms with Gasteiger partial charge in [0.25, 0.3) is 0 Å². The van der Waals surface area contributed by atoms with Crippen LogP contribution in [0, 0.1) is 5.92 Å². The Bertz CT molecular complexity index is 364. The van der Waals surface area contributed by atoms with E-state index in [1.165, 1.54) is 0 Å². The zero-order valence-corrected chi connectivity index (χ0v) is 10.5. The van der Waals surface area contributed by atoms with Crippen LogP contribution in [-0.4, -0.2) is 13.2 Å². The van der Waals surface area contributed by atoms with Gasteiger partial charge >= 0.3 is 0 Å². The molecule has 1 aromatic rings. The molecule has 0 aliphatic carbocycles. The minimum absolute atomic E-state index is 0.0265. The Morgan fingerprint density at radius 2 is 1.88 bits per heavy atom. The first-order valence-electron chi connectivity index (χ1n) is 5.47. The second-order valence-electron chi connectivity index (χ2n) is 4.15. The van der Waals surface area contributed by atoms with Gasteiger partial charge in [0.2, 0.25) is 0 Å². The highest BCUT2D eigenvalue weighted by Gasteiger charge is 2.22. The molecule has 1 fully saturated rings. The number of benzene rings is 1. The van der Waals surface area contributed by atoms with E-state index in [1.807, 2.05) is 12.1 Å². The number of nitrogens with two attached hydrogens (primary N) is 1. The van der Waals surface area contributed by atoms with Crippen molar-refractivity contribution in [3.63, 3.8) is 0 Å². The third-order valence-corrected chi connectivity index (χ3v) is 3.84. The van der Waals surface area contributed by atoms with Gasteiger partial charge in [-0.2, -0.15) is 0 Å². The molecule has 88 valence electrons. The average molecular weight is 260 g/mol. The van der Waals surface area contributed by atoms with Crippen molar-refractivity contribution in [2.75, 3.05) is 13.2 Å². The maximum absolute atomic E-state index is 6.23. The Balaban J connectivity index is 2.12. The zero-order chi connectivity index (χ0) is 11.5. The predicted molar refractivity (Wildman–Crippen MR) is 66.9 cm³/mol. The van der Waals surface area contributed by atoms with Crippen LogP contribution in [0.25, 0.3) is 0 Å². The van der Waals surface area contributed by atoms with Gasteiger partial charge in [0.05, 0.1) is 10.0 Å². The average Bonchev–Trinajstić information content (AvgIpc) is 2.33. The van der Waals surface area contributed by atoms with E-state index >= 15 is 0 Å². The molecule has 0 amide bonds. The summed E-state index contributed by atoms with van der Waals surface area (Å²) in [5, 5.41) is 1.14. The molecule has 0 aromatic heterocycles. The molecule has 2 nitrogen and oxygen atoms in total. The standard InChI is InChI=1S/C12H15Cl2NO/c13-10-2-1-9(7-11(10)14)12(15)8-3-5-16-6-4-8/h1-2,7-8,12H,3-6,15H2. The molecule has 1 atom stereocenters. The molecule has 0 saturated carbocycles. The fourth-order valence-corrected chi connectivity index (χ4v) is 2.37. The highest BCUT2D eigenvalue weighted by molar-refractivity contribution is 6.42. The van der Waals surface area contributed by atoms with E-state index in [2.05, 4.69) is 0 Å². The van der Waals surface area contributed by atoms with Crippen molar-refractivity contribution < 1.29 is 4.74 Å². The van der Waals surface area contributed by atoms with E-state index in [1.54, 1.807) is 6.07 Å². The van der Waals surface area contributed by atoms with Crippen molar-refractivity contribution in [2.45, 2.75) is 18.9 Å². The predicted octanol–water partition coefficient (Wildman–Crippen LogP) is 3.42. The van der Waals surface area contributed by atoms with Gasteiger partial charge in [0, 0.05) is 19.3 Å². The summed E-state index contributed by atoms with van der Waals surface area (Å²) in [7, 11) is 0. The second kappa shape index (κ2) is 5.37. The summed E-state index contributed by atoms with van der Waals surface area (Å²) in [6, 6.07) is 5.65. The number of rotatable bonds is 2. The van der Waals surface area contributed by atoms with Crippen LogP contribution in [0.1, 0.15) is 24.4 Å². The lowest BCUT2D eigenvalue weighted by molar-refractivity contribution is 0.0584. The van der Waals surface area contributed by atoms with Crippen molar-refractivity contribution >= 4 is 23.2 Å². The van der Waals surface area contributed by atoms with Crippen LogP contribution in [0.3, 0.4) is 0 Å². The van der Waals surface area contributed by atoms with Gasteiger partial charge in [0.15, 0.2) is 0 Å². The number of hydrogen-bond donors (Lipinski definition) is 1. The summed E-state index contributed by atoms with van der Waals surface area (Å²) >= 11 is 11.9. The zero-order valence-electron chi connectivity index (χ0n) is 8.96. The molecular formula is C12H15Cl2NO. The smallest absolute Gasteiger partial charge is 0.0595 e. The summed E-state index contributed by atoms with van der Waals surface area (Å²) in [6.07, 6.45) is 2.03. The molecular weight excluding hydrogens is 245 g/mol. The van der Waals surface area contributed by atoms with Gasteiger partial charge in [0.1, 0.15) is 0 Å². The molecule has 0 radical (unpaired) electrons. The summed E-state index contributed by atoms with van der Waals surface area (Å²) in [5.41, 5.74) is 7.29. The van der Waals surface area contributed by atoms with Crippen molar-refractivity contribution in [2.24, 2.45) is 11.7 Å². The van der Waals surface area contributed by atoms with Gasteiger partial charge in [-0.05, 0) is 36.5 Å². The van der Waals surface area contributed by atoms with Crippen LogP contribution < -0.4 is 5.73 Å². The molecule has 1 aliphatic rings. The molecule has 1 unspecified atom stereocenters. The maximum Gasteiger partial charge on any atom is 0.0595 e. The summed E-state index contributed by atoms with van der Waals surface area (Å²) in [6.45, 7) is 1.61. The summed E-state index contributed by atoms with van der Waals surface area (Å²) in [5.74, 6) is 0.478. The van der Waals surface area contributed by atoms with Crippen molar-refractivity contribution in [1.29, 1.82) is 0 Å². The maximum atomic E-state index is 6.23. The third-order valence-electron chi connectivity index (χ3n) is 3.10. The molecule has 1 heterocycles. The number of ether oxygens (including phenoxy) is 1. The van der Waals surface area contributed by atoms with Gasteiger partial charge in [-0.25, -0.2) is 0 Å². The molecule has 1 saturated heterocycles. The van der Waals surface area contributed by atoms with Crippen molar-refractivity contribution in [3.8, 4) is 0 Å². The molecule has 2 N–H and O–H groups in total. The minimum atomic E-state index is 0.0265. The molecule has 2 rings (SSSR count). The SMILES string of the molecule is NC(c1ccc(Cl)c(Cl)c1)C1CCOCC1. The fourth-order valence-electron chi connectivity index (χ4n) is 2.07. The van der Waals surface area contributed by atoms with Gasteiger partial charge in [-0.15, -0.1) is 0 Å². The highest BCUT2D eigenvalue weighted by Crippen LogP contribution is 2.31. The third kappa shape index (κ3) is 2.69. The fraction of sp³-hybridized carbons (Fsp3) is 0.500. The monoisotopic (exact) mass is 259 g/mol. The summed E-state index contributed by atoms with van der Waals surface area (Å²) < 4.78 is 5.33. The normalized spacial score (nSPS) is 19.7. The van der Waals surface area contributed by atoms with Crippen LogP contribution in [0.5, 0.6) is 0 Å². The van der Waals surface area contributed by atoms with E-state index in [9.17, 15) is 0 Å². The Kier molecular flexibility index (Phi) is 4.09. The molecule has 0 bridgehead atoms. The van der Waals surface area contributed by atoms with Crippen LogP contribution in [-0.2, 0) is 4.74 Å². The Morgan fingerprint density at radius 1 is 1.19 bits per heavy atom. The lowest BCUT2D eigenvalue weighted by atomic mass is 9.88. The first-order chi connectivity index (χ1) is 7.68. The Labute approximate surface area is 106 Å². The number of hydrogen-bond acceptors (Lipinski definition) is 2. The van der Waals surface area contributed by atoms with Gasteiger partial charge in [-0.3, -0.25) is 0 Å². The lowest BCUT2D eigenvalue weighted by Crippen LogP contribution is -2.27. The molecule has 4 heteroatoms.